The summed E-state index contributed by atoms with van der Waals surface area (Å²) >= 11 is 0. The molecule has 0 bridgehead atoms. The zero-order chi connectivity index (χ0) is 18.4. The maximum atomic E-state index is 5.68. The highest BCUT2D eigenvalue weighted by molar-refractivity contribution is 5.41. The molecule has 0 radical (unpaired) electrons. The predicted octanol–water partition coefficient (Wildman–Crippen LogP) is 5.71. The van der Waals surface area contributed by atoms with Gasteiger partial charge in [-0.3, -0.25) is 0 Å². The van der Waals surface area contributed by atoms with Crippen molar-refractivity contribution in [3.63, 3.8) is 0 Å². The molecule has 132 valence electrons. The van der Waals surface area contributed by atoms with Gasteiger partial charge in [-0.1, -0.05) is 65.8 Å². The van der Waals surface area contributed by atoms with Crippen molar-refractivity contribution in [2.45, 2.75) is 54.4 Å². The Bertz CT molecular complexity index is 614. The molecule has 0 heterocycles. The van der Waals surface area contributed by atoms with Crippen molar-refractivity contribution in [3.8, 4) is 0 Å². The molecule has 0 amide bonds. The minimum absolute atomic E-state index is 0.341. The molecule has 0 unspecified atom stereocenters. The van der Waals surface area contributed by atoms with Gasteiger partial charge in [-0.2, -0.15) is 0 Å². The average Bonchev–Trinajstić information content (AvgIpc) is 2.39. The molecular formula is C22H34N2. The van der Waals surface area contributed by atoms with Crippen LogP contribution in [-0.2, 0) is 12.8 Å². The Balaban J connectivity index is 0.000000240. The van der Waals surface area contributed by atoms with E-state index >= 15 is 0 Å². The number of nitrogens with two attached hydrogens (primary N) is 2. The number of hydrogen-bond acceptors (Lipinski definition) is 2. The van der Waals surface area contributed by atoms with Crippen LogP contribution in [0, 0.1) is 10.8 Å². The molecule has 2 heteroatoms. The summed E-state index contributed by atoms with van der Waals surface area (Å²) in [5, 5.41) is 0. The topological polar surface area (TPSA) is 52.0 Å². The van der Waals surface area contributed by atoms with Gasteiger partial charge in [0.1, 0.15) is 0 Å². The first-order valence-corrected chi connectivity index (χ1v) is 8.63. The summed E-state index contributed by atoms with van der Waals surface area (Å²) < 4.78 is 0. The van der Waals surface area contributed by atoms with Gasteiger partial charge in [-0.15, -0.1) is 0 Å². The fourth-order valence-electron chi connectivity index (χ4n) is 2.56. The van der Waals surface area contributed by atoms with Gasteiger partial charge in [0.25, 0.3) is 0 Å². The summed E-state index contributed by atoms with van der Waals surface area (Å²) in [7, 11) is 0. The highest BCUT2D eigenvalue weighted by atomic mass is 14.5. The Morgan fingerprint density at radius 1 is 0.625 bits per heavy atom. The Labute approximate surface area is 148 Å². The van der Waals surface area contributed by atoms with E-state index in [0.717, 1.165) is 24.2 Å². The number of anilines is 2. The Morgan fingerprint density at radius 2 is 1.12 bits per heavy atom. The largest absolute Gasteiger partial charge is 0.399 e. The van der Waals surface area contributed by atoms with Crippen molar-refractivity contribution in [1.29, 1.82) is 0 Å². The summed E-state index contributed by atoms with van der Waals surface area (Å²) in [6, 6.07) is 16.2. The first-order chi connectivity index (χ1) is 10.9. The summed E-state index contributed by atoms with van der Waals surface area (Å²) in [4.78, 5) is 0. The van der Waals surface area contributed by atoms with E-state index in [2.05, 4.69) is 59.7 Å². The van der Waals surface area contributed by atoms with E-state index in [1.54, 1.807) is 0 Å². The van der Waals surface area contributed by atoms with Crippen LogP contribution < -0.4 is 11.5 Å². The lowest BCUT2D eigenvalue weighted by Crippen LogP contribution is -2.09. The maximum absolute atomic E-state index is 5.68. The van der Waals surface area contributed by atoms with Crippen LogP contribution in [0.3, 0.4) is 0 Å². The van der Waals surface area contributed by atoms with Crippen molar-refractivity contribution in [3.05, 3.63) is 59.7 Å². The Kier molecular flexibility index (Phi) is 6.89. The molecule has 4 N–H and O–H groups in total. The summed E-state index contributed by atoms with van der Waals surface area (Å²) in [6.07, 6.45) is 2.19. The van der Waals surface area contributed by atoms with Gasteiger partial charge in [0.05, 0.1) is 0 Å². The van der Waals surface area contributed by atoms with E-state index in [9.17, 15) is 0 Å². The van der Waals surface area contributed by atoms with Crippen LogP contribution in [0.2, 0.25) is 0 Å². The zero-order valence-corrected chi connectivity index (χ0v) is 16.2. The molecule has 2 aromatic rings. The summed E-state index contributed by atoms with van der Waals surface area (Å²) in [6.45, 7) is 13.4. The second-order valence-corrected chi connectivity index (χ2v) is 8.96. The van der Waals surface area contributed by atoms with Gasteiger partial charge in [0.15, 0.2) is 0 Å². The highest BCUT2D eigenvalue weighted by Crippen LogP contribution is 2.22. The predicted molar refractivity (Wildman–Crippen MR) is 108 cm³/mol. The quantitative estimate of drug-likeness (QED) is 0.694. The van der Waals surface area contributed by atoms with Crippen LogP contribution in [0.1, 0.15) is 52.7 Å². The first kappa shape index (κ1) is 20.1. The number of rotatable bonds is 2. The van der Waals surface area contributed by atoms with Gasteiger partial charge in [0, 0.05) is 11.4 Å². The lowest BCUT2D eigenvalue weighted by Gasteiger charge is -2.18. The van der Waals surface area contributed by atoms with Crippen LogP contribution in [0.4, 0.5) is 11.4 Å². The van der Waals surface area contributed by atoms with Crippen LogP contribution in [0.5, 0.6) is 0 Å². The third-order valence-electron chi connectivity index (χ3n) is 3.40. The van der Waals surface area contributed by atoms with Crippen LogP contribution in [-0.4, -0.2) is 0 Å². The van der Waals surface area contributed by atoms with Gasteiger partial charge < -0.3 is 11.5 Å². The minimum atomic E-state index is 0.341. The monoisotopic (exact) mass is 326 g/mol. The molecule has 0 aliphatic carbocycles. The molecule has 24 heavy (non-hydrogen) atoms. The third-order valence-corrected chi connectivity index (χ3v) is 3.40. The molecule has 2 aromatic carbocycles. The average molecular weight is 327 g/mol. The second-order valence-electron chi connectivity index (χ2n) is 8.96. The van der Waals surface area contributed by atoms with Crippen molar-refractivity contribution in [1.82, 2.24) is 0 Å². The molecular weight excluding hydrogens is 292 g/mol. The molecule has 0 saturated heterocycles. The smallest absolute Gasteiger partial charge is 0.0316 e. The standard InChI is InChI=1S/2C11H17N/c1-11(2,3)8-9-4-6-10(12)7-5-9;1-11(2,3)8-9-5-4-6-10(12)7-9/h2*4-7H,8,12H2,1-3H3. The van der Waals surface area contributed by atoms with Crippen LogP contribution in [0.25, 0.3) is 0 Å². The fourth-order valence-corrected chi connectivity index (χ4v) is 2.56. The molecule has 0 aliphatic heterocycles. The molecule has 0 spiro atoms. The van der Waals surface area contributed by atoms with E-state index < -0.39 is 0 Å². The van der Waals surface area contributed by atoms with Gasteiger partial charge in [-0.25, -0.2) is 0 Å². The molecule has 0 fully saturated rings. The number of nitrogen functional groups attached to an aromatic ring is 2. The summed E-state index contributed by atoms with van der Waals surface area (Å²) in [5.74, 6) is 0. The molecule has 0 aromatic heterocycles. The minimum Gasteiger partial charge on any atom is -0.399 e. The van der Waals surface area contributed by atoms with E-state index in [0.29, 0.717) is 10.8 Å². The van der Waals surface area contributed by atoms with Crippen molar-refractivity contribution < 1.29 is 0 Å². The molecule has 0 saturated carbocycles. The third kappa shape index (κ3) is 9.24. The van der Waals surface area contributed by atoms with E-state index in [-0.39, 0.29) is 0 Å². The van der Waals surface area contributed by atoms with Gasteiger partial charge in [0.2, 0.25) is 0 Å². The normalized spacial score (nSPS) is 11.6. The summed E-state index contributed by atoms with van der Waals surface area (Å²) in [5.41, 5.74) is 16.3. The Morgan fingerprint density at radius 3 is 1.58 bits per heavy atom. The highest BCUT2D eigenvalue weighted by Gasteiger charge is 2.11. The lowest BCUT2D eigenvalue weighted by atomic mass is 9.88. The first-order valence-electron chi connectivity index (χ1n) is 8.63. The van der Waals surface area contributed by atoms with E-state index in [1.165, 1.54) is 11.1 Å². The van der Waals surface area contributed by atoms with Gasteiger partial charge in [-0.05, 0) is 59.1 Å². The molecule has 0 atom stereocenters. The fraction of sp³-hybridized carbons (Fsp3) is 0.455. The molecule has 0 aliphatic rings. The molecule has 2 nitrogen and oxygen atoms in total. The van der Waals surface area contributed by atoms with E-state index in [1.807, 2.05) is 30.3 Å². The maximum Gasteiger partial charge on any atom is 0.0316 e. The van der Waals surface area contributed by atoms with E-state index in [4.69, 9.17) is 11.5 Å². The lowest BCUT2D eigenvalue weighted by molar-refractivity contribution is 0.411. The molecule has 2 rings (SSSR count). The zero-order valence-electron chi connectivity index (χ0n) is 16.2. The number of hydrogen-bond donors (Lipinski definition) is 2. The SMILES string of the molecule is CC(C)(C)Cc1ccc(N)cc1.CC(C)(C)Cc1cccc(N)c1. The van der Waals surface area contributed by atoms with Crippen LogP contribution in [0.15, 0.2) is 48.5 Å². The second kappa shape index (κ2) is 8.23. The Hall–Kier alpha value is -1.96. The van der Waals surface area contributed by atoms with Crippen molar-refractivity contribution >= 4 is 11.4 Å². The van der Waals surface area contributed by atoms with Crippen LogP contribution >= 0.6 is 0 Å². The van der Waals surface area contributed by atoms with Crippen molar-refractivity contribution in [2.75, 3.05) is 11.5 Å². The number of benzene rings is 2. The van der Waals surface area contributed by atoms with Gasteiger partial charge >= 0.3 is 0 Å². The van der Waals surface area contributed by atoms with Crippen molar-refractivity contribution in [2.24, 2.45) is 10.8 Å².